The smallest absolute Gasteiger partial charge is 0.343 e. The molecule has 0 atom stereocenters. The van der Waals surface area contributed by atoms with Gasteiger partial charge in [-0.25, -0.2) is 28.8 Å². The van der Waals surface area contributed by atoms with Crippen LogP contribution in [0.4, 0.5) is 0 Å². The van der Waals surface area contributed by atoms with Gasteiger partial charge >= 0.3 is 35.8 Å². The maximum absolute atomic E-state index is 13.4. The summed E-state index contributed by atoms with van der Waals surface area (Å²) in [6, 6.07) is 15.7. The van der Waals surface area contributed by atoms with Crippen molar-refractivity contribution in [3.05, 3.63) is 122 Å². The molecule has 0 unspecified atom stereocenters. The first-order valence-electron chi connectivity index (χ1n) is 24.6. The number of benzene rings is 3. The fourth-order valence-corrected chi connectivity index (χ4v) is 6.53. The molecule has 0 aliphatic carbocycles. The number of carbonyl (C=O) groups excluding carboxylic acids is 6. The Morgan fingerprint density at radius 3 is 0.833 bits per heavy atom. The van der Waals surface area contributed by atoms with Gasteiger partial charge in [-0.05, 0) is 163 Å². The standard InChI is InChI=1S/C56H70O16/c1-5-51(57)67-37-21-13-9-17-33-63-47-31-25-43(41-49(47)65-35-19-11-15-23-39-69-53(59)7-3)55(61)71-45-27-29-46(30-28-45)72-56(62)44-26-32-48(64-34-18-10-14-22-38-68-52(58)6-2)50(42-44)66-36-20-12-16-24-40-70-54(60)8-4/h5-8,25-32,41-42H,1-4,9-24,33-40H2. The molecule has 0 fully saturated rings. The zero-order chi connectivity index (χ0) is 52.0. The molecule has 0 bridgehead atoms. The minimum absolute atomic E-state index is 0.215. The van der Waals surface area contributed by atoms with Crippen molar-refractivity contribution in [3.63, 3.8) is 0 Å². The molecule has 0 aliphatic rings. The minimum Gasteiger partial charge on any atom is -0.490 e. The van der Waals surface area contributed by atoms with E-state index in [4.69, 9.17) is 47.4 Å². The molecule has 0 spiro atoms. The van der Waals surface area contributed by atoms with Crippen molar-refractivity contribution in [1.29, 1.82) is 0 Å². The molecule has 0 amide bonds. The van der Waals surface area contributed by atoms with Crippen LogP contribution in [0.2, 0.25) is 0 Å². The molecule has 0 aromatic heterocycles. The van der Waals surface area contributed by atoms with Gasteiger partial charge < -0.3 is 47.4 Å². The van der Waals surface area contributed by atoms with Gasteiger partial charge in [0, 0.05) is 24.3 Å². The van der Waals surface area contributed by atoms with E-state index in [0.29, 0.717) is 102 Å². The summed E-state index contributed by atoms with van der Waals surface area (Å²) in [4.78, 5) is 71.8. The van der Waals surface area contributed by atoms with Crippen molar-refractivity contribution >= 4 is 35.8 Å². The molecule has 0 aliphatic heterocycles. The van der Waals surface area contributed by atoms with E-state index in [1.54, 1.807) is 36.4 Å². The van der Waals surface area contributed by atoms with E-state index in [1.807, 2.05) is 0 Å². The van der Waals surface area contributed by atoms with E-state index in [1.165, 1.54) is 24.3 Å². The number of carbonyl (C=O) groups is 6. The fraction of sp³-hybridized carbons (Fsp3) is 0.429. The van der Waals surface area contributed by atoms with Gasteiger partial charge in [0.25, 0.3) is 0 Å². The second-order valence-electron chi connectivity index (χ2n) is 16.1. The highest BCUT2D eigenvalue weighted by atomic mass is 16.6. The Kier molecular flexibility index (Phi) is 29.9. The molecule has 72 heavy (non-hydrogen) atoms. The summed E-state index contributed by atoms with van der Waals surface area (Å²) in [5, 5.41) is 0. The lowest BCUT2D eigenvalue weighted by atomic mass is 10.2. The van der Waals surface area contributed by atoms with Crippen LogP contribution in [0.1, 0.15) is 123 Å². The Morgan fingerprint density at radius 2 is 0.569 bits per heavy atom. The topological polar surface area (TPSA) is 195 Å². The minimum atomic E-state index is -0.641. The van der Waals surface area contributed by atoms with Crippen molar-refractivity contribution in [2.75, 3.05) is 52.9 Å². The SMILES string of the molecule is C=CC(=O)OCCCCCCOc1ccc(C(=O)Oc2ccc(OC(=O)c3ccc(OCCCCCCOC(=O)C=C)c(OCCCCCCOC(=O)C=C)c3)cc2)cc1OCCCCCCOC(=O)C=C. The average Bonchev–Trinajstić information content (AvgIpc) is 3.39. The quantitative estimate of drug-likeness (QED) is 0.0171. The number of hydrogen-bond acceptors (Lipinski definition) is 16. The third-order valence-electron chi connectivity index (χ3n) is 10.4. The third kappa shape index (κ3) is 25.5. The first-order valence-corrected chi connectivity index (χ1v) is 24.6. The van der Waals surface area contributed by atoms with Gasteiger partial charge in [0.1, 0.15) is 11.5 Å². The predicted octanol–water partition coefficient (Wildman–Crippen LogP) is 10.8. The van der Waals surface area contributed by atoms with E-state index in [9.17, 15) is 28.8 Å². The summed E-state index contributed by atoms with van der Waals surface area (Å²) >= 11 is 0. The molecule has 3 aromatic carbocycles. The summed E-state index contributed by atoms with van der Waals surface area (Å²) in [6.45, 7) is 16.4. The maximum Gasteiger partial charge on any atom is 0.343 e. The van der Waals surface area contributed by atoms with Crippen LogP contribution >= 0.6 is 0 Å². The molecule has 3 rings (SSSR count). The summed E-state index contributed by atoms with van der Waals surface area (Å²) in [6.07, 6.45) is 17.1. The first kappa shape index (κ1) is 59.0. The van der Waals surface area contributed by atoms with Crippen LogP contribution in [0.25, 0.3) is 0 Å². The Labute approximate surface area is 423 Å². The van der Waals surface area contributed by atoms with Crippen LogP contribution in [-0.4, -0.2) is 88.7 Å². The van der Waals surface area contributed by atoms with Crippen molar-refractivity contribution in [2.24, 2.45) is 0 Å². The van der Waals surface area contributed by atoms with Gasteiger partial charge in [-0.2, -0.15) is 0 Å². The van der Waals surface area contributed by atoms with Crippen molar-refractivity contribution < 1.29 is 76.1 Å². The van der Waals surface area contributed by atoms with E-state index >= 15 is 0 Å². The lowest BCUT2D eigenvalue weighted by Gasteiger charge is -2.15. The second-order valence-corrected chi connectivity index (χ2v) is 16.1. The molecule has 16 heteroatoms. The van der Waals surface area contributed by atoms with E-state index < -0.39 is 35.8 Å². The zero-order valence-electron chi connectivity index (χ0n) is 41.4. The van der Waals surface area contributed by atoms with Gasteiger partial charge in [0.15, 0.2) is 23.0 Å². The summed E-state index contributed by atoms with van der Waals surface area (Å²) in [5.41, 5.74) is 0.457. The largest absolute Gasteiger partial charge is 0.490 e. The molecule has 0 saturated heterocycles. The monoisotopic (exact) mass is 998 g/mol. The molecule has 0 saturated carbocycles. The van der Waals surface area contributed by atoms with Crippen LogP contribution in [0.15, 0.2) is 111 Å². The molecule has 0 heterocycles. The van der Waals surface area contributed by atoms with E-state index in [-0.39, 0.29) is 22.6 Å². The highest BCUT2D eigenvalue weighted by Gasteiger charge is 2.17. The Hall–Kier alpha value is -7.36. The molecule has 390 valence electrons. The van der Waals surface area contributed by atoms with Gasteiger partial charge in [-0.1, -0.05) is 26.3 Å². The predicted molar refractivity (Wildman–Crippen MR) is 270 cm³/mol. The van der Waals surface area contributed by atoms with Gasteiger partial charge in [0.2, 0.25) is 0 Å². The van der Waals surface area contributed by atoms with Crippen LogP contribution < -0.4 is 28.4 Å². The Bertz CT molecular complexity index is 2030. The number of hydrogen-bond donors (Lipinski definition) is 0. The number of unbranched alkanes of at least 4 members (excludes halogenated alkanes) is 12. The van der Waals surface area contributed by atoms with Gasteiger partial charge in [-0.15, -0.1) is 0 Å². The molecular formula is C56H70O16. The zero-order valence-corrected chi connectivity index (χ0v) is 41.4. The molecule has 16 nitrogen and oxygen atoms in total. The highest BCUT2D eigenvalue weighted by molar-refractivity contribution is 5.93. The second kappa shape index (κ2) is 36.6. The van der Waals surface area contributed by atoms with Crippen molar-refractivity contribution in [3.8, 4) is 34.5 Å². The van der Waals surface area contributed by atoms with Crippen molar-refractivity contribution in [1.82, 2.24) is 0 Å². The lowest BCUT2D eigenvalue weighted by molar-refractivity contribution is -0.138. The van der Waals surface area contributed by atoms with Gasteiger partial charge in [0.05, 0.1) is 64.0 Å². The summed E-state index contributed by atoms with van der Waals surface area (Å²) < 4.78 is 55.8. The number of esters is 6. The van der Waals surface area contributed by atoms with E-state index in [0.717, 1.165) is 101 Å². The number of rotatable bonds is 40. The highest BCUT2D eigenvalue weighted by Crippen LogP contribution is 2.32. The normalized spacial score (nSPS) is 10.4. The third-order valence-corrected chi connectivity index (χ3v) is 10.4. The lowest BCUT2D eigenvalue weighted by Crippen LogP contribution is -2.11. The van der Waals surface area contributed by atoms with Crippen LogP contribution in [-0.2, 0) is 38.1 Å². The average molecular weight is 999 g/mol. The molecule has 0 radical (unpaired) electrons. The van der Waals surface area contributed by atoms with Crippen LogP contribution in [0.5, 0.6) is 34.5 Å². The Morgan fingerprint density at radius 1 is 0.319 bits per heavy atom. The number of ether oxygens (including phenoxy) is 10. The molecular weight excluding hydrogens is 929 g/mol. The summed E-state index contributed by atoms with van der Waals surface area (Å²) in [5.74, 6) is -0.920. The van der Waals surface area contributed by atoms with Crippen LogP contribution in [0.3, 0.4) is 0 Å². The van der Waals surface area contributed by atoms with Gasteiger partial charge in [-0.3, -0.25) is 0 Å². The molecule has 0 N–H and O–H groups in total. The molecule has 3 aromatic rings. The van der Waals surface area contributed by atoms with E-state index in [2.05, 4.69) is 26.3 Å². The summed E-state index contributed by atoms with van der Waals surface area (Å²) in [7, 11) is 0. The Balaban J connectivity index is 1.59. The fourth-order valence-electron chi connectivity index (χ4n) is 6.53. The van der Waals surface area contributed by atoms with Crippen LogP contribution in [0, 0.1) is 0 Å². The maximum atomic E-state index is 13.4. The van der Waals surface area contributed by atoms with Crippen molar-refractivity contribution in [2.45, 2.75) is 103 Å². The first-order chi connectivity index (χ1) is 35.1.